The van der Waals surface area contributed by atoms with Crippen molar-refractivity contribution in [3.05, 3.63) is 98.5 Å². The second-order valence-corrected chi connectivity index (χ2v) is 8.01. The third kappa shape index (κ3) is 5.03. The molecule has 0 aliphatic heterocycles. The highest BCUT2D eigenvalue weighted by molar-refractivity contribution is 6.07. The van der Waals surface area contributed by atoms with Crippen molar-refractivity contribution < 1.29 is 18.9 Å². The lowest BCUT2D eigenvalue weighted by atomic mass is 9.93. The van der Waals surface area contributed by atoms with Crippen molar-refractivity contribution in [3.63, 3.8) is 0 Å². The van der Waals surface area contributed by atoms with Crippen molar-refractivity contribution in [2.75, 3.05) is 6.54 Å². The molecule has 0 unspecified atom stereocenters. The second kappa shape index (κ2) is 10.1. The van der Waals surface area contributed by atoms with E-state index in [1.807, 2.05) is 30.3 Å². The van der Waals surface area contributed by atoms with E-state index in [0.717, 1.165) is 17.5 Å². The lowest BCUT2D eigenvalue weighted by Gasteiger charge is -2.13. The summed E-state index contributed by atoms with van der Waals surface area (Å²) in [6.45, 7) is 2.28. The van der Waals surface area contributed by atoms with Gasteiger partial charge in [0.25, 0.3) is 17.5 Å². The molecule has 0 bridgehead atoms. The maximum absolute atomic E-state index is 12.7. The van der Waals surface area contributed by atoms with E-state index in [9.17, 15) is 19.7 Å². The van der Waals surface area contributed by atoms with Gasteiger partial charge in [-0.3, -0.25) is 19.7 Å². The largest absolute Gasteiger partial charge is 0.455 e. The van der Waals surface area contributed by atoms with Crippen LogP contribution in [0.25, 0.3) is 0 Å². The molecule has 9 heteroatoms. The monoisotopic (exact) mass is 460 g/mol. The summed E-state index contributed by atoms with van der Waals surface area (Å²) in [7, 11) is 0. The minimum absolute atomic E-state index is 0.136. The summed E-state index contributed by atoms with van der Waals surface area (Å²) in [5, 5.41) is 18.1. The van der Waals surface area contributed by atoms with E-state index in [0.29, 0.717) is 42.8 Å². The number of non-ortho nitro benzene ring substituents is 1. The number of rotatable bonds is 7. The number of aryl methyl sites for hydroxylation is 1. The Hall–Kier alpha value is -4.27. The molecule has 0 fully saturated rings. The summed E-state index contributed by atoms with van der Waals surface area (Å²) < 4.78 is 5.88. The van der Waals surface area contributed by atoms with Crippen LogP contribution in [0.5, 0.6) is 0 Å². The number of carbonyl (C=O) groups excluding carboxylic acids is 2. The summed E-state index contributed by atoms with van der Waals surface area (Å²) >= 11 is 0. The van der Waals surface area contributed by atoms with Gasteiger partial charge in [-0.2, -0.15) is 5.10 Å². The molecule has 0 saturated heterocycles. The summed E-state index contributed by atoms with van der Waals surface area (Å²) in [6, 6.07) is 15.3. The molecule has 0 atom stereocenters. The Morgan fingerprint density at radius 3 is 2.65 bits per heavy atom. The standard InChI is InChI=1S/C25H24N4O5/c1-16-22-20(27-28-24(30)18-9-5-10-19(15-18)29(32)33)11-6-12-21(22)34-23(16)25(31)26-14-13-17-7-3-2-4-8-17/h2-5,7-10,15H,6,11-14H2,1H3,(H,26,31)(H,28,30)/b27-20+. The number of carbonyl (C=O) groups is 2. The lowest BCUT2D eigenvalue weighted by Crippen LogP contribution is -2.26. The highest BCUT2D eigenvalue weighted by Gasteiger charge is 2.28. The van der Waals surface area contributed by atoms with Crippen LogP contribution in [-0.2, 0) is 12.8 Å². The van der Waals surface area contributed by atoms with Gasteiger partial charge in [-0.1, -0.05) is 36.4 Å². The predicted molar refractivity (Wildman–Crippen MR) is 126 cm³/mol. The van der Waals surface area contributed by atoms with Gasteiger partial charge in [0.1, 0.15) is 5.76 Å². The van der Waals surface area contributed by atoms with Crippen LogP contribution >= 0.6 is 0 Å². The normalized spacial score (nSPS) is 13.9. The van der Waals surface area contributed by atoms with Crippen LogP contribution in [0, 0.1) is 17.0 Å². The number of hydrogen-bond donors (Lipinski definition) is 2. The highest BCUT2D eigenvalue weighted by atomic mass is 16.6. The van der Waals surface area contributed by atoms with Crippen molar-refractivity contribution in [1.82, 2.24) is 10.7 Å². The third-order valence-electron chi connectivity index (χ3n) is 5.69. The molecule has 0 radical (unpaired) electrons. The number of hydrogen-bond acceptors (Lipinski definition) is 6. The molecule has 4 rings (SSSR count). The van der Waals surface area contributed by atoms with Crippen molar-refractivity contribution in [3.8, 4) is 0 Å². The Kier molecular flexibility index (Phi) is 6.82. The number of nitrogens with zero attached hydrogens (tertiary/aromatic N) is 2. The first-order valence-corrected chi connectivity index (χ1v) is 11.0. The highest BCUT2D eigenvalue weighted by Crippen LogP contribution is 2.30. The zero-order chi connectivity index (χ0) is 24.1. The van der Waals surface area contributed by atoms with Crippen LogP contribution in [0.3, 0.4) is 0 Å². The molecule has 2 aromatic carbocycles. The molecule has 34 heavy (non-hydrogen) atoms. The molecule has 0 saturated carbocycles. The Balaban J connectivity index is 1.47. The topological polar surface area (TPSA) is 127 Å². The fourth-order valence-electron chi connectivity index (χ4n) is 3.99. The average molecular weight is 460 g/mol. The zero-order valence-electron chi connectivity index (χ0n) is 18.7. The molecule has 9 nitrogen and oxygen atoms in total. The van der Waals surface area contributed by atoms with Crippen molar-refractivity contribution in [1.29, 1.82) is 0 Å². The Morgan fingerprint density at radius 2 is 1.88 bits per heavy atom. The number of amides is 2. The Bertz CT molecular complexity index is 1260. The van der Waals surface area contributed by atoms with Gasteiger partial charge >= 0.3 is 0 Å². The summed E-state index contributed by atoms with van der Waals surface area (Å²) in [5.74, 6) is 0.0733. The Morgan fingerprint density at radius 1 is 1.09 bits per heavy atom. The molecular formula is C25H24N4O5. The summed E-state index contributed by atoms with van der Waals surface area (Å²) in [6.07, 6.45) is 2.76. The number of furan rings is 1. The van der Waals surface area contributed by atoms with Gasteiger partial charge in [0.2, 0.25) is 0 Å². The van der Waals surface area contributed by atoms with E-state index in [2.05, 4.69) is 15.8 Å². The van der Waals surface area contributed by atoms with E-state index in [-0.39, 0.29) is 22.9 Å². The maximum atomic E-state index is 12.7. The molecule has 174 valence electrons. The van der Waals surface area contributed by atoms with Gasteiger partial charge in [-0.25, -0.2) is 5.43 Å². The molecular weight excluding hydrogens is 436 g/mol. The van der Waals surface area contributed by atoms with E-state index in [1.165, 1.54) is 24.3 Å². The minimum atomic E-state index is -0.558. The van der Waals surface area contributed by atoms with Gasteiger partial charge in [0, 0.05) is 41.8 Å². The molecule has 0 spiro atoms. The predicted octanol–water partition coefficient (Wildman–Crippen LogP) is 3.94. The van der Waals surface area contributed by atoms with Crippen LogP contribution in [0.1, 0.15) is 56.2 Å². The van der Waals surface area contributed by atoms with Gasteiger partial charge < -0.3 is 9.73 Å². The second-order valence-electron chi connectivity index (χ2n) is 8.01. The van der Waals surface area contributed by atoms with Gasteiger partial charge in [-0.15, -0.1) is 0 Å². The van der Waals surface area contributed by atoms with Crippen LogP contribution < -0.4 is 10.7 Å². The summed E-state index contributed by atoms with van der Waals surface area (Å²) in [4.78, 5) is 35.6. The number of fused-ring (bicyclic) bond motifs is 1. The van der Waals surface area contributed by atoms with Crippen molar-refractivity contribution in [2.45, 2.75) is 32.6 Å². The molecule has 1 heterocycles. The third-order valence-corrected chi connectivity index (χ3v) is 5.69. The maximum Gasteiger partial charge on any atom is 0.287 e. The average Bonchev–Trinajstić information content (AvgIpc) is 3.20. The first kappa shape index (κ1) is 22.9. The van der Waals surface area contributed by atoms with E-state index < -0.39 is 10.8 Å². The smallest absolute Gasteiger partial charge is 0.287 e. The number of nitrogens with one attached hydrogen (secondary N) is 2. The molecule has 1 aliphatic rings. The lowest BCUT2D eigenvalue weighted by molar-refractivity contribution is -0.384. The van der Waals surface area contributed by atoms with Crippen molar-refractivity contribution >= 4 is 23.2 Å². The van der Waals surface area contributed by atoms with Crippen molar-refractivity contribution in [2.24, 2.45) is 5.10 Å². The quantitative estimate of drug-likeness (QED) is 0.408. The number of hydrazone groups is 1. The zero-order valence-corrected chi connectivity index (χ0v) is 18.7. The fourth-order valence-corrected chi connectivity index (χ4v) is 3.99. The molecule has 2 amide bonds. The van der Waals surface area contributed by atoms with E-state index >= 15 is 0 Å². The fraction of sp³-hybridized carbons (Fsp3) is 0.240. The minimum Gasteiger partial charge on any atom is -0.455 e. The van der Waals surface area contributed by atoms with Gasteiger partial charge in [0.05, 0.1) is 10.6 Å². The Labute approximate surface area is 196 Å². The molecule has 2 N–H and O–H groups in total. The van der Waals surface area contributed by atoms with Crippen LogP contribution in [0.2, 0.25) is 0 Å². The SMILES string of the molecule is Cc1c(C(=O)NCCc2ccccc2)oc2c1/C(=N/NC(=O)c1cccc([N+](=O)[O-])c1)CCC2. The molecule has 1 aromatic heterocycles. The van der Waals surface area contributed by atoms with E-state index in [4.69, 9.17) is 4.42 Å². The first-order chi connectivity index (χ1) is 16.4. The van der Waals surface area contributed by atoms with Crippen LogP contribution in [0.15, 0.2) is 64.1 Å². The molecule has 1 aliphatic carbocycles. The number of nitro benzene ring substituents is 1. The van der Waals surface area contributed by atoms with Crippen LogP contribution in [-0.4, -0.2) is 29.0 Å². The number of nitro groups is 1. The summed E-state index contributed by atoms with van der Waals surface area (Å²) in [5.41, 5.74) is 5.60. The van der Waals surface area contributed by atoms with Gasteiger partial charge in [0.15, 0.2) is 5.76 Å². The van der Waals surface area contributed by atoms with Crippen LogP contribution in [0.4, 0.5) is 5.69 Å². The number of benzene rings is 2. The molecule has 3 aromatic rings. The van der Waals surface area contributed by atoms with Gasteiger partial charge in [-0.05, 0) is 37.8 Å². The van der Waals surface area contributed by atoms with E-state index in [1.54, 1.807) is 6.92 Å². The first-order valence-electron chi connectivity index (χ1n) is 11.0.